The van der Waals surface area contributed by atoms with Crippen molar-refractivity contribution in [2.24, 2.45) is 0 Å². The molecule has 0 heterocycles. The highest BCUT2D eigenvalue weighted by molar-refractivity contribution is 5.36. The van der Waals surface area contributed by atoms with E-state index >= 15 is 0 Å². The highest BCUT2D eigenvalue weighted by atomic mass is 16.5. The summed E-state index contributed by atoms with van der Waals surface area (Å²) < 4.78 is 5.38. The Morgan fingerprint density at radius 3 is 2.58 bits per heavy atom. The van der Waals surface area contributed by atoms with E-state index in [0.717, 1.165) is 31.9 Å². The maximum absolute atomic E-state index is 5.38. The van der Waals surface area contributed by atoms with E-state index in [1.807, 2.05) is 6.07 Å². The van der Waals surface area contributed by atoms with Crippen LogP contribution in [0.3, 0.4) is 0 Å². The number of aryl methyl sites for hydroxylation is 1. The molecule has 0 aromatic heterocycles. The zero-order valence-corrected chi connectivity index (χ0v) is 12.8. The molecule has 1 N–H and O–H groups in total. The summed E-state index contributed by atoms with van der Waals surface area (Å²) in [6.45, 7) is 11.9. The lowest BCUT2D eigenvalue weighted by atomic mass is 10.1. The first-order chi connectivity index (χ1) is 9.21. The maximum atomic E-state index is 5.38. The molecule has 19 heavy (non-hydrogen) atoms. The largest absolute Gasteiger partial charge is 0.496 e. The molecule has 0 amide bonds. The third-order valence-corrected chi connectivity index (χ3v) is 3.47. The van der Waals surface area contributed by atoms with Crippen LogP contribution in [-0.2, 0) is 6.54 Å². The summed E-state index contributed by atoms with van der Waals surface area (Å²) in [6.07, 6.45) is 1.19. The van der Waals surface area contributed by atoms with Gasteiger partial charge in [0.25, 0.3) is 0 Å². The molecule has 0 radical (unpaired) electrons. The average Bonchev–Trinajstić information content (AvgIpc) is 2.43. The lowest BCUT2D eigenvalue weighted by Gasteiger charge is -2.18. The predicted octanol–water partition coefficient (Wildman–Crippen LogP) is 2.83. The molecule has 0 spiro atoms. The first-order valence-corrected chi connectivity index (χ1v) is 7.27. The summed E-state index contributed by atoms with van der Waals surface area (Å²) in [6, 6.07) is 6.32. The van der Waals surface area contributed by atoms with Crippen LogP contribution in [-0.4, -0.2) is 38.2 Å². The Hall–Kier alpha value is -1.06. The van der Waals surface area contributed by atoms with Crippen LogP contribution >= 0.6 is 0 Å². The van der Waals surface area contributed by atoms with Crippen LogP contribution < -0.4 is 10.1 Å². The van der Waals surface area contributed by atoms with Crippen LogP contribution in [0.4, 0.5) is 0 Å². The zero-order chi connectivity index (χ0) is 14.1. The Labute approximate surface area is 118 Å². The van der Waals surface area contributed by atoms with E-state index in [0.29, 0.717) is 0 Å². The first-order valence-electron chi connectivity index (χ1n) is 7.27. The van der Waals surface area contributed by atoms with Crippen molar-refractivity contribution in [3.8, 4) is 5.75 Å². The van der Waals surface area contributed by atoms with E-state index in [1.165, 1.54) is 24.1 Å². The molecule has 0 aliphatic heterocycles. The summed E-state index contributed by atoms with van der Waals surface area (Å²) in [4.78, 5) is 2.45. The Kier molecular flexibility index (Phi) is 7.53. The van der Waals surface area contributed by atoms with Crippen molar-refractivity contribution in [1.82, 2.24) is 10.2 Å². The summed E-state index contributed by atoms with van der Waals surface area (Å²) in [7, 11) is 1.73. The number of rotatable bonds is 9. The van der Waals surface area contributed by atoms with Gasteiger partial charge in [-0.05, 0) is 45.6 Å². The van der Waals surface area contributed by atoms with E-state index in [4.69, 9.17) is 4.74 Å². The number of benzene rings is 1. The molecule has 0 bridgehead atoms. The van der Waals surface area contributed by atoms with Gasteiger partial charge < -0.3 is 15.0 Å². The molecular weight excluding hydrogens is 236 g/mol. The van der Waals surface area contributed by atoms with Gasteiger partial charge in [-0.25, -0.2) is 0 Å². The molecule has 0 atom stereocenters. The van der Waals surface area contributed by atoms with Gasteiger partial charge in [-0.3, -0.25) is 0 Å². The molecule has 0 saturated carbocycles. The van der Waals surface area contributed by atoms with Crippen molar-refractivity contribution >= 4 is 0 Å². The summed E-state index contributed by atoms with van der Waals surface area (Å²) in [5.41, 5.74) is 2.52. The van der Waals surface area contributed by atoms with E-state index in [-0.39, 0.29) is 0 Å². The fourth-order valence-electron chi connectivity index (χ4n) is 2.24. The second kappa shape index (κ2) is 8.94. The summed E-state index contributed by atoms with van der Waals surface area (Å²) in [5, 5.41) is 3.50. The molecule has 0 unspecified atom stereocenters. The van der Waals surface area contributed by atoms with Gasteiger partial charge in [0.05, 0.1) is 7.11 Å². The first kappa shape index (κ1) is 16.0. The maximum Gasteiger partial charge on any atom is 0.123 e. The van der Waals surface area contributed by atoms with Crippen LogP contribution in [0, 0.1) is 6.92 Å². The minimum Gasteiger partial charge on any atom is -0.496 e. The van der Waals surface area contributed by atoms with E-state index in [2.05, 4.69) is 43.1 Å². The molecular formula is C16H28N2O. The SMILES string of the molecule is CCN(CC)CCCNCc1cc(C)ccc1OC. The van der Waals surface area contributed by atoms with Crippen LogP contribution in [0.25, 0.3) is 0 Å². The second-order valence-corrected chi connectivity index (χ2v) is 4.87. The van der Waals surface area contributed by atoms with E-state index in [9.17, 15) is 0 Å². The number of hydrogen-bond acceptors (Lipinski definition) is 3. The normalized spacial score (nSPS) is 11.0. The average molecular weight is 264 g/mol. The second-order valence-electron chi connectivity index (χ2n) is 4.87. The van der Waals surface area contributed by atoms with Gasteiger partial charge in [-0.15, -0.1) is 0 Å². The van der Waals surface area contributed by atoms with Gasteiger partial charge in [-0.1, -0.05) is 31.5 Å². The third kappa shape index (κ3) is 5.62. The quantitative estimate of drug-likeness (QED) is 0.694. The van der Waals surface area contributed by atoms with Crippen molar-refractivity contribution in [3.63, 3.8) is 0 Å². The predicted molar refractivity (Wildman–Crippen MR) is 81.8 cm³/mol. The Morgan fingerprint density at radius 2 is 1.95 bits per heavy atom. The van der Waals surface area contributed by atoms with Gasteiger partial charge in [0.2, 0.25) is 0 Å². The summed E-state index contributed by atoms with van der Waals surface area (Å²) >= 11 is 0. The highest BCUT2D eigenvalue weighted by Gasteiger charge is 2.03. The topological polar surface area (TPSA) is 24.5 Å². The van der Waals surface area contributed by atoms with E-state index in [1.54, 1.807) is 7.11 Å². The molecule has 1 rings (SSSR count). The minimum atomic E-state index is 0.878. The monoisotopic (exact) mass is 264 g/mol. The molecule has 3 heteroatoms. The number of nitrogens with zero attached hydrogens (tertiary/aromatic N) is 1. The highest BCUT2D eigenvalue weighted by Crippen LogP contribution is 2.19. The van der Waals surface area contributed by atoms with Gasteiger partial charge in [0, 0.05) is 12.1 Å². The molecule has 1 aromatic rings. The Bertz CT molecular complexity index is 362. The Morgan fingerprint density at radius 1 is 1.21 bits per heavy atom. The van der Waals surface area contributed by atoms with Crippen molar-refractivity contribution in [1.29, 1.82) is 0 Å². The molecule has 0 aliphatic carbocycles. The van der Waals surface area contributed by atoms with Crippen molar-refractivity contribution in [3.05, 3.63) is 29.3 Å². The van der Waals surface area contributed by atoms with Gasteiger partial charge in [0.1, 0.15) is 5.75 Å². The van der Waals surface area contributed by atoms with Crippen LogP contribution in [0.2, 0.25) is 0 Å². The van der Waals surface area contributed by atoms with E-state index < -0.39 is 0 Å². The molecule has 0 fully saturated rings. The van der Waals surface area contributed by atoms with Crippen molar-refractivity contribution in [2.75, 3.05) is 33.3 Å². The zero-order valence-electron chi connectivity index (χ0n) is 12.8. The van der Waals surface area contributed by atoms with Gasteiger partial charge in [-0.2, -0.15) is 0 Å². The number of ether oxygens (including phenoxy) is 1. The van der Waals surface area contributed by atoms with Gasteiger partial charge >= 0.3 is 0 Å². The third-order valence-electron chi connectivity index (χ3n) is 3.47. The summed E-state index contributed by atoms with van der Waals surface area (Å²) in [5.74, 6) is 0.974. The fourth-order valence-corrected chi connectivity index (χ4v) is 2.24. The molecule has 1 aromatic carbocycles. The Balaban J connectivity index is 2.31. The number of hydrogen-bond donors (Lipinski definition) is 1. The molecule has 0 aliphatic rings. The molecule has 3 nitrogen and oxygen atoms in total. The fraction of sp³-hybridized carbons (Fsp3) is 0.625. The van der Waals surface area contributed by atoms with Crippen LogP contribution in [0.15, 0.2) is 18.2 Å². The molecule has 0 saturated heterocycles. The van der Waals surface area contributed by atoms with Crippen molar-refractivity contribution < 1.29 is 4.74 Å². The van der Waals surface area contributed by atoms with Crippen molar-refractivity contribution in [2.45, 2.75) is 33.7 Å². The smallest absolute Gasteiger partial charge is 0.123 e. The lowest BCUT2D eigenvalue weighted by Crippen LogP contribution is -2.27. The standard InChI is InChI=1S/C16H28N2O/c1-5-18(6-2)11-7-10-17-13-15-12-14(3)8-9-16(15)19-4/h8-9,12,17H,5-7,10-11,13H2,1-4H3. The van der Waals surface area contributed by atoms with Crippen LogP contribution in [0.5, 0.6) is 5.75 Å². The number of methoxy groups -OCH3 is 1. The van der Waals surface area contributed by atoms with Crippen LogP contribution in [0.1, 0.15) is 31.4 Å². The van der Waals surface area contributed by atoms with Gasteiger partial charge in [0.15, 0.2) is 0 Å². The molecule has 108 valence electrons. The number of nitrogens with one attached hydrogen (secondary N) is 1. The minimum absolute atomic E-state index is 0.878. The lowest BCUT2D eigenvalue weighted by molar-refractivity contribution is 0.298.